The molecule has 7 heteroatoms. The number of hydrogen-bond acceptors (Lipinski definition) is 6. The van der Waals surface area contributed by atoms with Crippen molar-refractivity contribution in [2.24, 2.45) is 5.92 Å². The van der Waals surface area contributed by atoms with E-state index in [-0.39, 0.29) is 5.91 Å². The Morgan fingerprint density at radius 2 is 1.73 bits per heavy atom. The zero-order chi connectivity index (χ0) is 22.9. The molecule has 0 bridgehead atoms. The molecule has 7 nitrogen and oxygen atoms in total. The summed E-state index contributed by atoms with van der Waals surface area (Å²) in [5, 5.41) is 0. The molecule has 1 aromatic heterocycles. The lowest BCUT2D eigenvalue weighted by atomic mass is 9.99. The highest BCUT2D eigenvalue weighted by molar-refractivity contribution is 5.94. The second-order valence-electron chi connectivity index (χ2n) is 10.1. The van der Waals surface area contributed by atoms with Crippen LogP contribution in [0.5, 0.6) is 0 Å². The highest BCUT2D eigenvalue weighted by Crippen LogP contribution is 2.31. The molecule has 3 aliphatic rings. The summed E-state index contributed by atoms with van der Waals surface area (Å²) in [7, 11) is 2.18. The van der Waals surface area contributed by atoms with Crippen molar-refractivity contribution >= 4 is 17.7 Å². The number of hydrogen-bond donors (Lipinski definition) is 0. The normalized spacial score (nSPS) is 20.2. The molecule has 2 fully saturated rings. The number of aryl methyl sites for hydroxylation is 1. The van der Waals surface area contributed by atoms with Gasteiger partial charge in [0.05, 0.1) is 12.2 Å². The van der Waals surface area contributed by atoms with E-state index in [0.29, 0.717) is 13.1 Å². The molecule has 0 unspecified atom stereocenters. The maximum Gasteiger partial charge on any atom is 0.254 e. The molecule has 4 heterocycles. The summed E-state index contributed by atoms with van der Waals surface area (Å²) < 4.78 is 0. The Labute approximate surface area is 197 Å². The third-order valence-electron chi connectivity index (χ3n) is 7.45. The third-order valence-corrected chi connectivity index (χ3v) is 7.45. The van der Waals surface area contributed by atoms with Gasteiger partial charge in [-0.1, -0.05) is 24.6 Å². The smallest absolute Gasteiger partial charge is 0.254 e. The fraction of sp³-hybridized carbons (Fsp3) is 0.577. The van der Waals surface area contributed by atoms with E-state index >= 15 is 0 Å². The maximum absolute atomic E-state index is 13.3. The molecular weight excluding hydrogens is 412 g/mol. The lowest BCUT2D eigenvalue weighted by molar-refractivity contribution is 0.0733. The van der Waals surface area contributed by atoms with Crippen molar-refractivity contribution in [2.45, 2.75) is 39.7 Å². The van der Waals surface area contributed by atoms with Gasteiger partial charge in [0.15, 0.2) is 0 Å². The van der Waals surface area contributed by atoms with E-state index in [1.165, 1.54) is 12.8 Å². The highest BCUT2D eigenvalue weighted by Gasteiger charge is 2.30. The fourth-order valence-corrected chi connectivity index (χ4v) is 5.15. The second kappa shape index (κ2) is 9.29. The van der Waals surface area contributed by atoms with Crippen LogP contribution in [-0.2, 0) is 13.0 Å². The zero-order valence-electron chi connectivity index (χ0n) is 20.3. The minimum atomic E-state index is 0.0998. The molecule has 3 aliphatic heterocycles. The molecule has 2 saturated heterocycles. The van der Waals surface area contributed by atoms with Crippen molar-refractivity contribution in [1.29, 1.82) is 0 Å². The Balaban J connectivity index is 1.46. The largest absolute Gasteiger partial charge is 0.354 e. The van der Waals surface area contributed by atoms with Gasteiger partial charge in [0.1, 0.15) is 5.82 Å². The van der Waals surface area contributed by atoms with Gasteiger partial charge in [0.25, 0.3) is 5.91 Å². The number of piperazine rings is 1. The van der Waals surface area contributed by atoms with Crippen molar-refractivity contribution in [3.63, 3.8) is 0 Å². The zero-order valence-corrected chi connectivity index (χ0v) is 20.3. The molecule has 0 saturated carbocycles. The number of anilines is 2. The average Bonchev–Trinajstić information content (AvgIpc) is 2.83. The topological polar surface area (TPSA) is 55.8 Å². The molecule has 1 aromatic carbocycles. The van der Waals surface area contributed by atoms with Crippen LogP contribution in [0.15, 0.2) is 24.3 Å². The minimum Gasteiger partial charge on any atom is -0.354 e. The molecule has 2 aromatic rings. The van der Waals surface area contributed by atoms with Crippen LogP contribution < -0.4 is 9.80 Å². The van der Waals surface area contributed by atoms with Crippen LogP contribution in [-0.4, -0.2) is 78.5 Å². The number of carbonyl (C=O) groups is 1. The number of piperidine rings is 1. The molecule has 0 atom stereocenters. The quantitative estimate of drug-likeness (QED) is 0.720. The summed E-state index contributed by atoms with van der Waals surface area (Å²) in [5.41, 5.74) is 4.14. The van der Waals surface area contributed by atoms with Crippen molar-refractivity contribution in [3.05, 3.63) is 46.6 Å². The van der Waals surface area contributed by atoms with Crippen LogP contribution in [0.4, 0.5) is 11.8 Å². The van der Waals surface area contributed by atoms with E-state index in [9.17, 15) is 4.79 Å². The molecule has 1 amide bonds. The molecule has 0 spiro atoms. The van der Waals surface area contributed by atoms with Gasteiger partial charge in [-0.2, -0.15) is 4.98 Å². The van der Waals surface area contributed by atoms with Gasteiger partial charge in [-0.05, 0) is 44.9 Å². The fourth-order valence-electron chi connectivity index (χ4n) is 5.15. The number of amides is 1. The summed E-state index contributed by atoms with van der Waals surface area (Å²) >= 11 is 0. The number of rotatable bonds is 3. The van der Waals surface area contributed by atoms with Crippen LogP contribution in [0.2, 0.25) is 0 Å². The van der Waals surface area contributed by atoms with Crippen molar-refractivity contribution in [1.82, 2.24) is 19.8 Å². The van der Waals surface area contributed by atoms with Crippen LogP contribution in [0.25, 0.3) is 0 Å². The third kappa shape index (κ3) is 4.69. The van der Waals surface area contributed by atoms with Crippen molar-refractivity contribution in [3.8, 4) is 0 Å². The predicted molar refractivity (Wildman–Crippen MR) is 132 cm³/mol. The number of fused-ring (bicyclic) bond motifs is 1. The highest BCUT2D eigenvalue weighted by atomic mass is 16.2. The lowest BCUT2D eigenvalue weighted by Gasteiger charge is -2.38. The first-order valence-electron chi connectivity index (χ1n) is 12.4. The molecular formula is C26H36N6O. The summed E-state index contributed by atoms with van der Waals surface area (Å²) in [6.45, 7) is 11.7. The van der Waals surface area contributed by atoms with E-state index in [1.54, 1.807) is 0 Å². The minimum absolute atomic E-state index is 0.0998. The lowest BCUT2D eigenvalue weighted by Crippen LogP contribution is -2.46. The van der Waals surface area contributed by atoms with E-state index in [2.05, 4.69) is 28.7 Å². The van der Waals surface area contributed by atoms with Gasteiger partial charge in [-0.15, -0.1) is 0 Å². The summed E-state index contributed by atoms with van der Waals surface area (Å²) in [6.07, 6.45) is 3.18. The second-order valence-corrected chi connectivity index (χ2v) is 10.1. The van der Waals surface area contributed by atoms with Gasteiger partial charge < -0.3 is 19.6 Å². The molecule has 0 N–H and O–H groups in total. The number of aromatic nitrogens is 2. The number of nitrogens with zero attached hydrogens (tertiary/aromatic N) is 6. The first kappa shape index (κ1) is 22.1. The van der Waals surface area contributed by atoms with Gasteiger partial charge in [-0.3, -0.25) is 4.79 Å². The van der Waals surface area contributed by atoms with Crippen molar-refractivity contribution in [2.75, 3.05) is 62.7 Å². The first-order chi connectivity index (χ1) is 16.0. The van der Waals surface area contributed by atoms with E-state index in [0.717, 1.165) is 85.8 Å². The molecule has 176 valence electrons. The van der Waals surface area contributed by atoms with Gasteiger partial charge >= 0.3 is 0 Å². The SMILES string of the molecule is Cc1cccc(C(=O)N2CCc3nc(N4CCC(C)CC4)nc(N4CCN(C)CC4)c3C2)c1. The van der Waals surface area contributed by atoms with Gasteiger partial charge in [0, 0.05) is 63.4 Å². The predicted octanol–water partition coefficient (Wildman–Crippen LogP) is 2.97. The van der Waals surface area contributed by atoms with Crippen LogP contribution in [0, 0.1) is 12.8 Å². The Bertz CT molecular complexity index is 1010. The Kier molecular flexibility index (Phi) is 6.23. The number of benzene rings is 1. The van der Waals surface area contributed by atoms with Gasteiger partial charge in [-0.25, -0.2) is 4.98 Å². The van der Waals surface area contributed by atoms with E-state index in [4.69, 9.17) is 9.97 Å². The van der Waals surface area contributed by atoms with Crippen LogP contribution in [0.1, 0.15) is 46.9 Å². The van der Waals surface area contributed by atoms with Crippen LogP contribution in [0.3, 0.4) is 0 Å². The van der Waals surface area contributed by atoms with Crippen molar-refractivity contribution < 1.29 is 4.79 Å². The van der Waals surface area contributed by atoms with E-state index < -0.39 is 0 Å². The molecule has 5 rings (SSSR count). The standard InChI is InChI=1S/C26H36N6O/c1-19-7-10-31(11-8-19)26-27-23-9-12-32(25(33)21-6-4-5-20(2)17-21)18-22(23)24(28-26)30-15-13-29(3)14-16-30/h4-6,17,19H,7-16,18H2,1-3H3. The average molecular weight is 449 g/mol. The monoisotopic (exact) mass is 448 g/mol. The molecule has 0 aliphatic carbocycles. The number of carbonyl (C=O) groups excluding carboxylic acids is 1. The molecule has 33 heavy (non-hydrogen) atoms. The van der Waals surface area contributed by atoms with E-state index in [1.807, 2.05) is 36.1 Å². The Morgan fingerprint density at radius 1 is 0.970 bits per heavy atom. The first-order valence-corrected chi connectivity index (χ1v) is 12.4. The van der Waals surface area contributed by atoms with Gasteiger partial charge in [0.2, 0.25) is 5.95 Å². The summed E-state index contributed by atoms with van der Waals surface area (Å²) in [4.78, 5) is 32.6. The Hall–Kier alpha value is -2.67. The summed E-state index contributed by atoms with van der Waals surface area (Å²) in [5.74, 6) is 2.80. The molecule has 0 radical (unpaired) electrons. The van der Waals surface area contributed by atoms with Crippen LogP contribution >= 0.6 is 0 Å². The summed E-state index contributed by atoms with van der Waals surface area (Å²) in [6, 6.07) is 7.90. The maximum atomic E-state index is 13.3. The number of likely N-dealkylation sites (N-methyl/N-ethyl adjacent to an activating group) is 1. The Morgan fingerprint density at radius 3 is 2.45 bits per heavy atom.